The Labute approximate surface area is 133 Å². The van der Waals surface area contributed by atoms with Crippen LogP contribution < -0.4 is 5.73 Å². The normalized spacial score (nSPS) is 10.7. The molecule has 1 rings (SSSR count). The average Bonchev–Trinajstić information content (AvgIpc) is 2.43. The highest BCUT2D eigenvalue weighted by molar-refractivity contribution is 8.22. The Morgan fingerprint density at radius 1 is 0.950 bits per heavy atom. The maximum absolute atomic E-state index is 5.51. The van der Waals surface area contributed by atoms with Crippen molar-refractivity contribution in [3.63, 3.8) is 0 Å². The van der Waals surface area contributed by atoms with Gasteiger partial charge in [-0.15, -0.1) is 0 Å². The lowest BCUT2D eigenvalue weighted by Crippen LogP contribution is -2.00. The van der Waals surface area contributed by atoms with E-state index < -0.39 is 0 Å². The fourth-order valence-corrected chi connectivity index (χ4v) is 3.10. The summed E-state index contributed by atoms with van der Waals surface area (Å²) in [6.45, 7) is 2.27. The van der Waals surface area contributed by atoms with E-state index in [1.807, 2.05) is 0 Å². The molecule has 0 aliphatic heterocycles. The Kier molecular flexibility index (Phi) is 9.77. The Hall–Kier alpha value is -0.540. The third-order valence-electron chi connectivity index (χ3n) is 3.46. The number of rotatable bonds is 10. The van der Waals surface area contributed by atoms with E-state index in [1.165, 1.54) is 75.1 Å². The van der Waals surface area contributed by atoms with E-state index >= 15 is 0 Å². The Balaban J connectivity index is 2.08. The molecule has 0 saturated heterocycles. The van der Waals surface area contributed by atoms with Gasteiger partial charge in [-0.3, -0.25) is 0 Å². The molecular formula is C17H27NS2. The van der Waals surface area contributed by atoms with Gasteiger partial charge in [-0.25, -0.2) is 0 Å². The van der Waals surface area contributed by atoms with Crippen LogP contribution in [0.5, 0.6) is 0 Å². The SMILES string of the molecule is CCCCCCCCCCc1ccc(SC(N)=S)cc1. The second kappa shape index (κ2) is 11.2. The average molecular weight is 310 g/mol. The van der Waals surface area contributed by atoms with E-state index in [0.717, 1.165) is 4.90 Å². The van der Waals surface area contributed by atoms with Crippen LogP contribution >= 0.6 is 24.0 Å². The number of thioether (sulfide) groups is 1. The van der Waals surface area contributed by atoms with Crippen LogP contribution in [0.25, 0.3) is 0 Å². The molecule has 3 heteroatoms. The Bertz CT molecular complexity index is 373. The summed E-state index contributed by atoms with van der Waals surface area (Å²) in [5.41, 5.74) is 6.93. The molecule has 0 saturated carbocycles. The molecule has 0 bridgehead atoms. The van der Waals surface area contributed by atoms with Crippen LogP contribution in [0.1, 0.15) is 63.9 Å². The zero-order valence-corrected chi connectivity index (χ0v) is 14.2. The van der Waals surface area contributed by atoms with Crippen molar-refractivity contribution in [3.05, 3.63) is 29.8 Å². The minimum absolute atomic E-state index is 0.487. The molecule has 20 heavy (non-hydrogen) atoms. The van der Waals surface area contributed by atoms with E-state index in [-0.39, 0.29) is 0 Å². The van der Waals surface area contributed by atoms with Gasteiger partial charge in [-0.1, -0.05) is 88.0 Å². The molecule has 0 spiro atoms. The highest BCUT2D eigenvalue weighted by Gasteiger charge is 1.98. The lowest BCUT2D eigenvalue weighted by atomic mass is 10.0. The van der Waals surface area contributed by atoms with Crippen LogP contribution in [-0.4, -0.2) is 4.32 Å². The molecule has 0 amide bonds. The van der Waals surface area contributed by atoms with Gasteiger partial charge >= 0.3 is 0 Å². The van der Waals surface area contributed by atoms with Gasteiger partial charge < -0.3 is 5.73 Å². The molecule has 1 aromatic rings. The molecule has 0 unspecified atom stereocenters. The molecule has 1 aromatic carbocycles. The Morgan fingerprint density at radius 3 is 2.05 bits per heavy atom. The maximum Gasteiger partial charge on any atom is 0.135 e. The van der Waals surface area contributed by atoms with E-state index in [1.54, 1.807) is 0 Å². The van der Waals surface area contributed by atoms with Crippen molar-refractivity contribution in [3.8, 4) is 0 Å². The van der Waals surface area contributed by atoms with Crippen molar-refractivity contribution in [2.24, 2.45) is 5.73 Å². The summed E-state index contributed by atoms with van der Waals surface area (Å²) in [5, 5.41) is 0. The third kappa shape index (κ3) is 8.60. The third-order valence-corrected chi connectivity index (χ3v) is 4.42. The van der Waals surface area contributed by atoms with E-state index in [4.69, 9.17) is 18.0 Å². The van der Waals surface area contributed by atoms with Gasteiger partial charge in [-0.2, -0.15) is 0 Å². The molecule has 0 aromatic heterocycles. The number of hydrogen-bond acceptors (Lipinski definition) is 2. The van der Waals surface area contributed by atoms with Gasteiger partial charge in [0, 0.05) is 4.90 Å². The minimum Gasteiger partial charge on any atom is -0.384 e. The lowest BCUT2D eigenvalue weighted by Gasteiger charge is -2.04. The summed E-state index contributed by atoms with van der Waals surface area (Å²) < 4.78 is 0.487. The molecule has 0 atom stereocenters. The summed E-state index contributed by atoms with van der Waals surface area (Å²) >= 11 is 6.35. The molecule has 0 aliphatic rings. The number of hydrogen-bond donors (Lipinski definition) is 1. The van der Waals surface area contributed by atoms with Gasteiger partial charge in [0.1, 0.15) is 4.32 Å². The summed E-state index contributed by atoms with van der Waals surface area (Å²) in [4.78, 5) is 1.14. The smallest absolute Gasteiger partial charge is 0.135 e. The zero-order valence-electron chi connectivity index (χ0n) is 12.6. The predicted octanol–water partition coefficient (Wildman–Crippen LogP) is 5.71. The van der Waals surface area contributed by atoms with E-state index in [0.29, 0.717) is 4.32 Å². The van der Waals surface area contributed by atoms with Crippen molar-refractivity contribution in [2.75, 3.05) is 0 Å². The van der Waals surface area contributed by atoms with Crippen molar-refractivity contribution in [2.45, 2.75) is 69.6 Å². The monoisotopic (exact) mass is 309 g/mol. The zero-order chi connectivity index (χ0) is 14.6. The first-order valence-electron chi connectivity index (χ1n) is 7.78. The van der Waals surface area contributed by atoms with Crippen LogP contribution in [0, 0.1) is 0 Å². The standard InChI is InChI=1S/C17H27NS2/c1-2-3-4-5-6-7-8-9-10-15-11-13-16(14-12-15)20-17(18)19/h11-14H,2-10H2,1H3,(H2,18,19). The predicted molar refractivity (Wildman–Crippen MR) is 95.4 cm³/mol. The molecule has 2 N–H and O–H groups in total. The molecule has 0 fully saturated rings. The van der Waals surface area contributed by atoms with Gasteiger partial charge in [0.05, 0.1) is 0 Å². The van der Waals surface area contributed by atoms with Crippen molar-refractivity contribution >= 4 is 28.3 Å². The van der Waals surface area contributed by atoms with Gasteiger partial charge in [0.15, 0.2) is 0 Å². The first-order valence-corrected chi connectivity index (χ1v) is 9.01. The molecule has 0 radical (unpaired) electrons. The first kappa shape index (κ1) is 17.5. The van der Waals surface area contributed by atoms with Crippen LogP contribution in [0.15, 0.2) is 29.2 Å². The van der Waals surface area contributed by atoms with Crippen LogP contribution in [0.3, 0.4) is 0 Å². The second-order valence-corrected chi connectivity index (χ2v) is 7.10. The molecule has 0 aliphatic carbocycles. The molecule has 0 heterocycles. The molecule has 1 nitrogen and oxygen atoms in total. The van der Waals surface area contributed by atoms with Crippen molar-refractivity contribution in [1.29, 1.82) is 0 Å². The highest BCUT2D eigenvalue weighted by Crippen LogP contribution is 2.19. The summed E-state index contributed by atoms with van der Waals surface area (Å²) in [7, 11) is 0. The topological polar surface area (TPSA) is 26.0 Å². The minimum atomic E-state index is 0.487. The fourth-order valence-electron chi connectivity index (χ4n) is 2.30. The van der Waals surface area contributed by atoms with Gasteiger partial charge in [-0.05, 0) is 30.5 Å². The van der Waals surface area contributed by atoms with E-state index in [9.17, 15) is 0 Å². The number of thiocarbonyl (C=S) groups is 1. The second-order valence-electron chi connectivity index (χ2n) is 5.29. The number of benzene rings is 1. The van der Waals surface area contributed by atoms with Gasteiger partial charge in [0.25, 0.3) is 0 Å². The quantitative estimate of drug-likeness (QED) is 0.341. The van der Waals surface area contributed by atoms with Crippen molar-refractivity contribution in [1.82, 2.24) is 0 Å². The lowest BCUT2D eigenvalue weighted by molar-refractivity contribution is 0.575. The summed E-state index contributed by atoms with van der Waals surface area (Å²) in [5.74, 6) is 0. The Morgan fingerprint density at radius 2 is 1.50 bits per heavy atom. The van der Waals surface area contributed by atoms with E-state index in [2.05, 4.69) is 31.2 Å². The number of aryl methyl sites for hydroxylation is 1. The maximum atomic E-state index is 5.51. The number of unbranched alkanes of at least 4 members (excludes halogenated alkanes) is 7. The summed E-state index contributed by atoms with van der Waals surface area (Å²) in [6.07, 6.45) is 12.2. The van der Waals surface area contributed by atoms with Crippen LogP contribution in [0.4, 0.5) is 0 Å². The highest BCUT2D eigenvalue weighted by atomic mass is 32.2. The largest absolute Gasteiger partial charge is 0.384 e. The molecule has 112 valence electrons. The van der Waals surface area contributed by atoms with Gasteiger partial charge in [0.2, 0.25) is 0 Å². The molecular weight excluding hydrogens is 282 g/mol. The first-order chi connectivity index (χ1) is 9.72. The summed E-state index contributed by atoms with van der Waals surface area (Å²) in [6, 6.07) is 8.62. The number of nitrogens with two attached hydrogens (primary N) is 1. The van der Waals surface area contributed by atoms with Crippen molar-refractivity contribution < 1.29 is 0 Å². The van der Waals surface area contributed by atoms with Crippen LogP contribution in [-0.2, 0) is 6.42 Å². The fraction of sp³-hybridized carbons (Fsp3) is 0.588. The van der Waals surface area contributed by atoms with Crippen LogP contribution in [0.2, 0.25) is 0 Å².